The predicted molar refractivity (Wildman–Crippen MR) is 71.2 cm³/mol. The smallest absolute Gasteiger partial charge is 0.319 e. The van der Waals surface area contributed by atoms with E-state index in [-0.39, 0.29) is 11.3 Å². The predicted octanol–water partition coefficient (Wildman–Crippen LogP) is 2.09. The van der Waals surface area contributed by atoms with Gasteiger partial charge in [0.15, 0.2) is 0 Å². The third kappa shape index (κ3) is 3.60. The molecule has 0 saturated carbocycles. The van der Waals surface area contributed by atoms with Gasteiger partial charge in [-0.25, -0.2) is 0 Å². The van der Waals surface area contributed by atoms with Crippen LogP contribution in [-0.4, -0.2) is 25.5 Å². The lowest BCUT2D eigenvalue weighted by molar-refractivity contribution is -0.387. The SMILES string of the molecule is CC(C)C(C(=O)O)S(=O)Cc1cccc([N+](=O)[O-])c1F. The molecule has 8 heteroatoms. The Balaban J connectivity index is 3.05. The molecule has 1 aromatic rings. The molecular formula is C12H14FNO5S. The maximum atomic E-state index is 13.8. The summed E-state index contributed by atoms with van der Waals surface area (Å²) in [6, 6.07) is 3.54. The highest BCUT2D eigenvalue weighted by molar-refractivity contribution is 7.85. The number of halogens is 1. The number of nitro groups is 1. The summed E-state index contributed by atoms with van der Waals surface area (Å²) in [5.74, 6) is -3.07. The van der Waals surface area contributed by atoms with Crippen LogP contribution in [0.3, 0.4) is 0 Å². The largest absolute Gasteiger partial charge is 0.480 e. The molecule has 1 rings (SSSR count). The van der Waals surface area contributed by atoms with Crippen molar-refractivity contribution < 1.29 is 23.4 Å². The van der Waals surface area contributed by atoms with Gasteiger partial charge < -0.3 is 5.11 Å². The van der Waals surface area contributed by atoms with Crippen molar-refractivity contribution in [2.75, 3.05) is 0 Å². The molecule has 2 atom stereocenters. The van der Waals surface area contributed by atoms with Crippen LogP contribution in [0.1, 0.15) is 19.4 Å². The fraction of sp³-hybridized carbons (Fsp3) is 0.417. The highest BCUT2D eigenvalue weighted by Crippen LogP contribution is 2.23. The molecule has 20 heavy (non-hydrogen) atoms. The van der Waals surface area contributed by atoms with Crippen molar-refractivity contribution in [1.82, 2.24) is 0 Å². The van der Waals surface area contributed by atoms with Gasteiger partial charge in [0.05, 0.1) is 10.7 Å². The van der Waals surface area contributed by atoms with E-state index in [1.54, 1.807) is 13.8 Å². The number of rotatable bonds is 6. The number of carboxylic acid groups (broad SMARTS) is 1. The van der Waals surface area contributed by atoms with E-state index in [9.17, 15) is 23.5 Å². The minimum Gasteiger partial charge on any atom is -0.480 e. The summed E-state index contributed by atoms with van der Waals surface area (Å²) in [5.41, 5.74) is -0.833. The Hall–Kier alpha value is -1.83. The highest BCUT2D eigenvalue weighted by atomic mass is 32.2. The summed E-state index contributed by atoms with van der Waals surface area (Å²) in [6.45, 7) is 3.20. The minimum absolute atomic E-state index is 0.121. The van der Waals surface area contributed by atoms with Crippen LogP contribution in [-0.2, 0) is 21.3 Å². The Bertz CT molecular complexity index is 561. The molecule has 1 aromatic carbocycles. The molecule has 1 N–H and O–H groups in total. The van der Waals surface area contributed by atoms with Crippen LogP contribution in [0.15, 0.2) is 18.2 Å². The Morgan fingerprint density at radius 2 is 2.10 bits per heavy atom. The molecule has 0 saturated heterocycles. The fourth-order valence-electron chi connectivity index (χ4n) is 1.76. The lowest BCUT2D eigenvalue weighted by Gasteiger charge is -2.15. The summed E-state index contributed by atoms with van der Waals surface area (Å²) >= 11 is 0. The zero-order chi connectivity index (χ0) is 15.4. The molecule has 0 radical (unpaired) electrons. The highest BCUT2D eigenvalue weighted by Gasteiger charge is 2.29. The second kappa shape index (κ2) is 6.56. The monoisotopic (exact) mass is 303 g/mol. The van der Waals surface area contributed by atoms with E-state index in [1.807, 2.05) is 0 Å². The van der Waals surface area contributed by atoms with Gasteiger partial charge in [-0.15, -0.1) is 0 Å². The van der Waals surface area contributed by atoms with E-state index in [1.165, 1.54) is 12.1 Å². The van der Waals surface area contributed by atoms with Crippen LogP contribution in [0.5, 0.6) is 0 Å². The van der Waals surface area contributed by atoms with E-state index in [2.05, 4.69) is 0 Å². The molecule has 0 aliphatic rings. The van der Waals surface area contributed by atoms with Gasteiger partial charge in [0.2, 0.25) is 5.82 Å². The van der Waals surface area contributed by atoms with Crippen LogP contribution in [0.2, 0.25) is 0 Å². The number of aliphatic carboxylic acids is 1. The molecule has 0 fully saturated rings. The summed E-state index contributed by atoms with van der Waals surface area (Å²) in [5, 5.41) is 18.5. The second-order valence-electron chi connectivity index (χ2n) is 4.54. The molecule has 0 aliphatic heterocycles. The van der Waals surface area contributed by atoms with Crippen LogP contribution < -0.4 is 0 Å². The van der Waals surface area contributed by atoms with Crippen LogP contribution in [0.25, 0.3) is 0 Å². The first-order valence-corrected chi connectivity index (χ1v) is 7.15. The van der Waals surface area contributed by atoms with Crippen molar-refractivity contribution in [3.63, 3.8) is 0 Å². The Morgan fingerprint density at radius 3 is 2.55 bits per heavy atom. The van der Waals surface area contributed by atoms with Gasteiger partial charge in [-0.1, -0.05) is 26.0 Å². The van der Waals surface area contributed by atoms with Gasteiger partial charge in [-0.2, -0.15) is 4.39 Å². The summed E-state index contributed by atoms with van der Waals surface area (Å²) in [4.78, 5) is 20.8. The van der Waals surface area contributed by atoms with E-state index in [0.29, 0.717) is 0 Å². The van der Waals surface area contributed by atoms with Gasteiger partial charge >= 0.3 is 11.7 Å². The summed E-state index contributed by atoms with van der Waals surface area (Å²) < 4.78 is 25.8. The molecule has 0 bridgehead atoms. The van der Waals surface area contributed by atoms with Gasteiger partial charge in [0.1, 0.15) is 5.25 Å². The number of carboxylic acids is 1. The van der Waals surface area contributed by atoms with E-state index in [0.717, 1.165) is 6.07 Å². The topological polar surface area (TPSA) is 97.5 Å². The van der Waals surface area contributed by atoms with Crippen molar-refractivity contribution in [3.05, 3.63) is 39.7 Å². The van der Waals surface area contributed by atoms with Gasteiger partial charge in [-0.05, 0) is 5.92 Å². The number of hydrogen-bond donors (Lipinski definition) is 1. The summed E-state index contributed by atoms with van der Waals surface area (Å²) in [7, 11) is -1.86. The average Bonchev–Trinajstić information content (AvgIpc) is 2.30. The van der Waals surface area contributed by atoms with Crippen molar-refractivity contribution >= 4 is 22.5 Å². The normalized spacial score (nSPS) is 14.0. The maximum absolute atomic E-state index is 13.8. The van der Waals surface area contributed by atoms with Crippen molar-refractivity contribution in [1.29, 1.82) is 0 Å². The van der Waals surface area contributed by atoms with Gasteiger partial charge in [-0.3, -0.25) is 19.1 Å². The van der Waals surface area contributed by atoms with Crippen molar-refractivity contribution in [2.24, 2.45) is 5.92 Å². The molecule has 0 spiro atoms. The first-order chi connectivity index (χ1) is 9.25. The average molecular weight is 303 g/mol. The first kappa shape index (κ1) is 16.2. The number of carbonyl (C=O) groups is 1. The molecular weight excluding hydrogens is 289 g/mol. The molecule has 0 aromatic heterocycles. The molecule has 0 amide bonds. The number of benzene rings is 1. The second-order valence-corrected chi connectivity index (χ2v) is 6.09. The van der Waals surface area contributed by atoms with Crippen LogP contribution >= 0.6 is 0 Å². The van der Waals surface area contributed by atoms with Crippen LogP contribution in [0, 0.1) is 21.8 Å². The Labute approximate surface area is 117 Å². The van der Waals surface area contributed by atoms with Crippen molar-refractivity contribution in [2.45, 2.75) is 24.9 Å². The van der Waals surface area contributed by atoms with Crippen molar-refractivity contribution in [3.8, 4) is 0 Å². The number of nitro benzene ring substituents is 1. The zero-order valence-electron chi connectivity index (χ0n) is 10.9. The van der Waals surface area contributed by atoms with Crippen LogP contribution in [0.4, 0.5) is 10.1 Å². The standard InChI is InChI=1S/C12H14FNO5S/c1-7(2)11(12(15)16)20(19)6-8-4-3-5-9(10(8)13)14(17)18/h3-5,7,11H,6H2,1-2H3,(H,15,16). The summed E-state index contributed by atoms with van der Waals surface area (Å²) in [6.07, 6.45) is 0. The third-order valence-corrected chi connectivity index (χ3v) is 4.59. The quantitative estimate of drug-likeness (QED) is 0.641. The zero-order valence-corrected chi connectivity index (χ0v) is 11.7. The third-order valence-electron chi connectivity index (χ3n) is 2.68. The Kier molecular flexibility index (Phi) is 5.32. The fourth-order valence-corrected chi connectivity index (χ4v) is 3.30. The van der Waals surface area contributed by atoms with Gasteiger partial charge in [0, 0.05) is 22.4 Å². The molecule has 110 valence electrons. The van der Waals surface area contributed by atoms with E-state index in [4.69, 9.17) is 5.11 Å². The maximum Gasteiger partial charge on any atom is 0.319 e. The lowest BCUT2D eigenvalue weighted by Crippen LogP contribution is -2.31. The lowest BCUT2D eigenvalue weighted by atomic mass is 10.1. The molecule has 6 nitrogen and oxygen atoms in total. The van der Waals surface area contributed by atoms with Gasteiger partial charge in [0.25, 0.3) is 0 Å². The minimum atomic E-state index is -1.86. The first-order valence-electron chi connectivity index (χ1n) is 5.77. The van der Waals surface area contributed by atoms with E-state index >= 15 is 0 Å². The van der Waals surface area contributed by atoms with E-state index < -0.39 is 44.4 Å². The molecule has 0 heterocycles. The molecule has 2 unspecified atom stereocenters. The number of hydrogen-bond acceptors (Lipinski definition) is 4. The Morgan fingerprint density at radius 1 is 1.50 bits per heavy atom. The number of nitrogens with zero attached hydrogens (tertiary/aromatic N) is 1. The molecule has 0 aliphatic carbocycles.